The lowest BCUT2D eigenvalue weighted by atomic mass is 10.1. The highest BCUT2D eigenvalue weighted by molar-refractivity contribution is 6.01. The molecule has 2 aromatic rings. The van der Waals surface area contributed by atoms with Crippen LogP contribution in [0.4, 0.5) is 5.82 Å². The van der Waals surface area contributed by atoms with Crippen molar-refractivity contribution in [2.45, 2.75) is 20.0 Å². The van der Waals surface area contributed by atoms with Gasteiger partial charge in [-0.25, -0.2) is 4.79 Å². The van der Waals surface area contributed by atoms with Gasteiger partial charge < -0.3 is 19.9 Å². The number of methoxy groups -OCH3 is 1. The number of Topliss-reactive ketones (excluding diaryl/α,β-unsaturated/α-hetero) is 1. The van der Waals surface area contributed by atoms with Crippen molar-refractivity contribution in [2.75, 3.05) is 39.3 Å². The maximum atomic E-state index is 12.8. The molecule has 0 atom stereocenters. The van der Waals surface area contributed by atoms with Crippen molar-refractivity contribution in [3.63, 3.8) is 0 Å². The molecule has 0 radical (unpaired) electrons. The van der Waals surface area contributed by atoms with Gasteiger partial charge in [0.1, 0.15) is 11.4 Å². The van der Waals surface area contributed by atoms with Gasteiger partial charge in [0.25, 0.3) is 5.56 Å². The Kier molecular flexibility index (Phi) is 6.35. The number of aromatic amines is 1. The van der Waals surface area contributed by atoms with E-state index in [1.807, 2.05) is 30.0 Å². The van der Waals surface area contributed by atoms with Gasteiger partial charge in [0.15, 0.2) is 17.3 Å². The minimum atomic E-state index is -0.787. The fraction of sp³-hybridized carbons (Fsp3) is 0.421. The van der Waals surface area contributed by atoms with Crippen LogP contribution in [0.2, 0.25) is 0 Å². The summed E-state index contributed by atoms with van der Waals surface area (Å²) in [4.78, 5) is 41.1. The molecule has 0 bridgehead atoms. The predicted molar refractivity (Wildman–Crippen MR) is 105 cm³/mol. The molecule has 0 saturated carbocycles. The molecule has 0 spiro atoms. The van der Waals surface area contributed by atoms with Gasteiger partial charge in [0.2, 0.25) is 6.79 Å². The number of ketones is 1. The summed E-state index contributed by atoms with van der Waals surface area (Å²) in [6, 6.07) is 5.58. The van der Waals surface area contributed by atoms with Crippen LogP contribution in [0.25, 0.3) is 0 Å². The molecule has 3 N–H and O–H groups in total. The van der Waals surface area contributed by atoms with Crippen LogP contribution in [-0.4, -0.2) is 53.8 Å². The van der Waals surface area contributed by atoms with E-state index in [9.17, 15) is 14.4 Å². The van der Waals surface area contributed by atoms with Gasteiger partial charge in [-0.3, -0.25) is 24.0 Å². The first kappa shape index (κ1) is 20.6. The smallest absolute Gasteiger partial charge is 0.330 e. The monoisotopic (exact) mass is 404 g/mol. The van der Waals surface area contributed by atoms with Crippen LogP contribution in [0.3, 0.4) is 0 Å². The Labute approximate surface area is 166 Å². The Morgan fingerprint density at radius 2 is 2.07 bits per heavy atom. The Hall–Kier alpha value is -3.11. The molecule has 0 amide bonds. The van der Waals surface area contributed by atoms with Gasteiger partial charge in [0, 0.05) is 13.7 Å². The molecule has 0 unspecified atom stereocenters. The maximum Gasteiger partial charge on any atom is 0.330 e. The summed E-state index contributed by atoms with van der Waals surface area (Å²) < 4.78 is 16.8. The summed E-state index contributed by atoms with van der Waals surface area (Å²) >= 11 is 0. The van der Waals surface area contributed by atoms with Crippen molar-refractivity contribution in [2.24, 2.45) is 0 Å². The highest BCUT2D eigenvalue weighted by atomic mass is 16.7. The molecule has 1 aromatic carbocycles. The molecule has 10 nitrogen and oxygen atoms in total. The number of rotatable bonds is 9. The topological polar surface area (TPSA) is 129 Å². The normalized spacial score (nSPS) is 12.5. The summed E-state index contributed by atoms with van der Waals surface area (Å²) in [6.07, 6.45) is 0. The van der Waals surface area contributed by atoms with Crippen molar-refractivity contribution >= 4 is 11.6 Å². The predicted octanol–water partition coefficient (Wildman–Crippen LogP) is 0.199. The van der Waals surface area contributed by atoms with Crippen LogP contribution in [0.1, 0.15) is 22.8 Å². The number of carbonyl (C=O) groups excluding carboxylic acids is 1. The van der Waals surface area contributed by atoms with E-state index in [4.69, 9.17) is 19.9 Å². The van der Waals surface area contributed by atoms with E-state index in [-0.39, 0.29) is 37.9 Å². The van der Waals surface area contributed by atoms with Crippen LogP contribution >= 0.6 is 0 Å². The number of ether oxygens (including phenoxy) is 3. The van der Waals surface area contributed by atoms with E-state index < -0.39 is 17.0 Å². The largest absolute Gasteiger partial charge is 0.454 e. The second-order valence-corrected chi connectivity index (χ2v) is 6.58. The summed E-state index contributed by atoms with van der Waals surface area (Å²) in [5.74, 6) is 0.735. The number of hydrogen-bond acceptors (Lipinski definition) is 8. The number of fused-ring (bicyclic) bond motifs is 1. The number of likely N-dealkylation sites (N-methyl/N-ethyl adjacent to an activating group) is 1. The zero-order valence-electron chi connectivity index (χ0n) is 16.4. The van der Waals surface area contributed by atoms with E-state index in [0.717, 1.165) is 10.1 Å². The fourth-order valence-electron chi connectivity index (χ4n) is 3.12. The van der Waals surface area contributed by atoms with Gasteiger partial charge in [0.05, 0.1) is 19.7 Å². The summed E-state index contributed by atoms with van der Waals surface area (Å²) in [6.45, 7) is 3.47. The summed E-state index contributed by atoms with van der Waals surface area (Å²) in [5, 5.41) is 0. The van der Waals surface area contributed by atoms with Crippen molar-refractivity contribution in [3.05, 3.63) is 50.2 Å². The molecule has 1 aromatic heterocycles. The minimum Gasteiger partial charge on any atom is -0.454 e. The van der Waals surface area contributed by atoms with E-state index in [0.29, 0.717) is 24.6 Å². The lowest BCUT2D eigenvalue weighted by Gasteiger charge is -2.20. The number of aromatic nitrogens is 2. The van der Waals surface area contributed by atoms with E-state index >= 15 is 0 Å². The number of carbonyl (C=O) groups is 1. The van der Waals surface area contributed by atoms with E-state index in [1.54, 1.807) is 0 Å². The van der Waals surface area contributed by atoms with Gasteiger partial charge >= 0.3 is 5.69 Å². The highest BCUT2D eigenvalue weighted by Crippen LogP contribution is 2.32. The van der Waals surface area contributed by atoms with Crippen LogP contribution in [-0.2, 0) is 17.8 Å². The van der Waals surface area contributed by atoms with Crippen LogP contribution in [0.5, 0.6) is 11.5 Å². The van der Waals surface area contributed by atoms with Crippen molar-refractivity contribution in [3.8, 4) is 11.5 Å². The quantitative estimate of drug-likeness (QED) is 0.567. The van der Waals surface area contributed by atoms with Gasteiger partial charge in [-0.2, -0.15) is 0 Å². The Bertz CT molecular complexity index is 1010. The molecule has 10 heteroatoms. The Morgan fingerprint density at radius 3 is 2.79 bits per heavy atom. The average molecular weight is 404 g/mol. The van der Waals surface area contributed by atoms with Gasteiger partial charge in [-0.15, -0.1) is 0 Å². The first-order chi connectivity index (χ1) is 13.9. The summed E-state index contributed by atoms with van der Waals surface area (Å²) in [5.41, 5.74) is 5.24. The molecule has 0 saturated heterocycles. The third-order valence-corrected chi connectivity index (χ3v) is 4.70. The van der Waals surface area contributed by atoms with Gasteiger partial charge in [-0.05, 0) is 24.2 Å². The van der Waals surface area contributed by atoms with Crippen molar-refractivity contribution < 1.29 is 19.0 Å². The van der Waals surface area contributed by atoms with Crippen LogP contribution < -0.4 is 26.5 Å². The number of nitrogens with one attached hydrogen (secondary N) is 1. The lowest BCUT2D eigenvalue weighted by molar-refractivity contribution is 0.0927. The SMILES string of the molecule is CCN(CC(=O)c1c(N)n(CCOC)c(=O)[nH]c1=O)Cc1ccc2c(c1)OCO2. The average Bonchev–Trinajstić information content (AvgIpc) is 3.14. The third-order valence-electron chi connectivity index (χ3n) is 4.70. The lowest BCUT2D eigenvalue weighted by Crippen LogP contribution is -2.39. The maximum absolute atomic E-state index is 12.8. The zero-order valence-corrected chi connectivity index (χ0v) is 16.4. The van der Waals surface area contributed by atoms with Gasteiger partial charge in [-0.1, -0.05) is 13.0 Å². The highest BCUT2D eigenvalue weighted by Gasteiger charge is 2.22. The Balaban J connectivity index is 1.79. The first-order valence-electron chi connectivity index (χ1n) is 9.20. The van der Waals surface area contributed by atoms with Crippen molar-refractivity contribution in [1.29, 1.82) is 0 Å². The summed E-state index contributed by atoms with van der Waals surface area (Å²) in [7, 11) is 1.48. The second-order valence-electron chi connectivity index (χ2n) is 6.58. The molecular formula is C19H24N4O6. The molecule has 0 aliphatic carbocycles. The number of hydrogen-bond donors (Lipinski definition) is 2. The molecule has 1 aliphatic rings. The molecule has 156 valence electrons. The number of nitrogens with zero attached hydrogens (tertiary/aromatic N) is 2. The van der Waals surface area contributed by atoms with Crippen molar-refractivity contribution in [1.82, 2.24) is 14.5 Å². The number of H-pyrrole nitrogens is 1. The number of benzene rings is 1. The minimum absolute atomic E-state index is 0.0271. The van der Waals surface area contributed by atoms with E-state index in [1.165, 1.54) is 7.11 Å². The van der Waals surface area contributed by atoms with Crippen LogP contribution in [0.15, 0.2) is 27.8 Å². The standard InChI is InChI=1S/C19H24N4O6/c1-3-22(9-12-4-5-14-15(8-12)29-11-28-14)10-13(24)16-17(20)23(6-7-27-2)19(26)21-18(16)25/h4-5,8H,3,6-7,9-11,20H2,1-2H3,(H,21,25,26). The molecule has 0 fully saturated rings. The molecule has 29 heavy (non-hydrogen) atoms. The molecule has 1 aliphatic heterocycles. The molecular weight excluding hydrogens is 380 g/mol. The number of nitrogen functional groups attached to an aromatic ring is 1. The number of nitrogens with two attached hydrogens (primary N) is 1. The second kappa shape index (κ2) is 8.93. The van der Waals surface area contributed by atoms with E-state index in [2.05, 4.69) is 4.98 Å². The first-order valence-corrected chi connectivity index (χ1v) is 9.20. The molecule has 2 heterocycles. The molecule has 3 rings (SSSR count). The Morgan fingerprint density at radius 1 is 1.31 bits per heavy atom. The van der Waals surface area contributed by atoms with Crippen LogP contribution in [0, 0.1) is 0 Å². The zero-order chi connectivity index (χ0) is 21.0. The number of anilines is 1. The third kappa shape index (κ3) is 4.49. The fourth-order valence-corrected chi connectivity index (χ4v) is 3.12.